The van der Waals surface area contributed by atoms with Gasteiger partial charge in [-0.3, -0.25) is 30.6 Å². The van der Waals surface area contributed by atoms with Gasteiger partial charge in [0.05, 0.1) is 4.88 Å². The summed E-state index contributed by atoms with van der Waals surface area (Å²) in [6.45, 7) is 6.35. The van der Waals surface area contributed by atoms with Crippen LogP contribution in [0.1, 0.15) is 56.7 Å². The van der Waals surface area contributed by atoms with Crippen LogP contribution in [0.5, 0.6) is 0 Å². The summed E-state index contributed by atoms with van der Waals surface area (Å²) >= 11 is 6.30. The van der Waals surface area contributed by atoms with Crippen molar-refractivity contribution in [2.45, 2.75) is 26.2 Å². The maximum atomic E-state index is 12.5. The predicted octanol–water partition coefficient (Wildman–Crippen LogP) is 4.25. The van der Waals surface area contributed by atoms with Gasteiger partial charge in [0.2, 0.25) is 0 Å². The van der Waals surface area contributed by atoms with Gasteiger partial charge in [0, 0.05) is 16.8 Å². The molecule has 9 heteroatoms. The van der Waals surface area contributed by atoms with Crippen LogP contribution in [-0.2, 0) is 5.41 Å². The largest absolute Gasteiger partial charge is 0.322 e. The molecule has 0 radical (unpaired) electrons. The highest BCUT2D eigenvalue weighted by molar-refractivity contribution is 7.80. The molecular formula is C24H24N4O3S2. The smallest absolute Gasteiger partial charge is 0.269 e. The Balaban J connectivity index is 1.50. The van der Waals surface area contributed by atoms with E-state index in [1.807, 2.05) is 12.1 Å². The molecule has 3 rings (SSSR count). The number of nitrogens with one attached hydrogen (secondary N) is 4. The number of carbonyl (C=O) groups is 3. The molecule has 0 fully saturated rings. The van der Waals surface area contributed by atoms with Crippen LogP contribution in [-0.4, -0.2) is 22.8 Å². The van der Waals surface area contributed by atoms with Crippen LogP contribution in [0.25, 0.3) is 0 Å². The topological polar surface area (TPSA) is 99.3 Å². The van der Waals surface area contributed by atoms with E-state index in [4.69, 9.17) is 12.2 Å². The van der Waals surface area contributed by atoms with Crippen molar-refractivity contribution in [3.05, 3.63) is 87.6 Å². The number of hydrazine groups is 1. The Morgan fingerprint density at radius 3 is 1.97 bits per heavy atom. The molecule has 3 aromatic rings. The lowest BCUT2D eigenvalue weighted by atomic mass is 9.87. The highest BCUT2D eigenvalue weighted by Crippen LogP contribution is 2.22. The molecule has 33 heavy (non-hydrogen) atoms. The summed E-state index contributed by atoms with van der Waals surface area (Å²) in [6, 6.07) is 17.3. The van der Waals surface area contributed by atoms with Crippen LogP contribution < -0.4 is 21.5 Å². The third-order valence-electron chi connectivity index (χ3n) is 4.68. The Kier molecular flexibility index (Phi) is 7.57. The van der Waals surface area contributed by atoms with Gasteiger partial charge < -0.3 is 5.32 Å². The SMILES string of the molecule is CC(C)(C)c1ccc(C(=O)Nc2ccc(C(=O)NNC(=S)NC(=O)c3cccs3)cc2)cc1. The number of benzene rings is 2. The standard InChI is InChI=1S/C24H24N4O3S2/c1-24(2,3)17-10-6-15(7-11-17)20(29)25-18-12-8-16(9-13-18)21(30)27-28-23(32)26-22(31)19-5-4-14-33-19/h4-14H,1-3H3,(H,25,29)(H,27,30)(H2,26,28,31,32). The molecule has 0 unspecified atom stereocenters. The minimum absolute atomic E-state index is 0.0136. The second-order valence-electron chi connectivity index (χ2n) is 8.20. The second-order valence-corrected chi connectivity index (χ2v) is 9.55. The summed E-state index contributed by atoms with van der Waals surface area (Å²) < 4.78 is 0. The van der Waals surface area contributed by atoms with Gasteiger partial charge in [0.1, 0.15) is 0 Å². The van der Waals surface area contributed by atoms with Gasteiger partial charge in [-0.15, -0.1) is 11.3 Å². The van der Waals surface area contributed by atoms with Crippen LogP contribution in [0.2, 0.25) is 0 Å². The van der Waals surface area contributed by atoms with Crippen LogP contribution in [0.3, 0.4) is 0 Å². The van der Waals surface area contributed by atoms with Crippen molar-refractivity contribution in [1.82, 2.24) is 16.2 Å². The van der Waals surface area contributed by atoms with Crippen LogP contribution in [0.15, 0.2) is 66.0 Å². The molecule has 1 aromatic heterocycles. The van der Waals surface area contributed by atoms with Crippen LogP contribution in [0, 0.1) is 0 Å². The zero-order valence-corrected chi connectivity index (χ0v) is 20.0. The second kappa shape index (κ2) is 10.4. The number of thiocarbonyl (C=S) groups is 1. The Labute approximate surface area is 201 Å². The van der Waals surface area contributed by atoms with Crippen molar-refractivity contribution >= 4 is 52.1 Å². The van der Waals surface area contributed by atoms with Crippen molar-refractivity contribution in [3.63, 3.8) is 0 Å². The number of rotatable bonds is 4. The highest BCUT2D eigenvalue weighted by atomic mass is 32.1. The number of amides is 3. The minimum atomic E-state index is -0.446. The zero-order valence-electron chi connectivity index (χ0n) is 18.4. The maximum absolute atomic E-state index is 12.5. The Morgan fingerprint density at radius 1 is 0.788 bits per heavy atom. The van der Waals surface area contributed by atoms with E-state index >= 15 is 0 Å². The fraction of sp³-hybridized carbons (Fsp3) is 0.167. The molecule has 4 N–H and O–H groups in total. The molecule has 0 aliphatic carbocycles. The summed E-state index contributed by atoms with van der Waals surface area (Å²) in [4.78, 5) is 37.2. The monoisotopic (exact) mass is 480 g/mol. The van der Waals surface area contributed by atoms with E-state index in [9.17, 15) is 14.4 Å². The Morgan fingerprint density at radius 2 is 1.39 bits per heavy atom. The van der Waals surface area contributed by atoms with Crippen molar-refractivity contribution in [3.8, 4) is 0 Å². The predicted molar refractivity (Wildman–Crippen MR) is 135 cm³/mol. The molecule has 7 nitrogen and oxygen atoms in total. The van der Waals surface area contributed by atoms with Gasteiger partial charge in [-0.05, 0) is 71.0 Å². The van der Waals surface area contributed by atoms with Gasteiger partial charge in [-0.1, -0.05) is 39.0 Å². The van der Waals surface area contributed by atoms with Gasteiger partial charge >= 0.3 is 0 Å². The summed E-state index contributed by atoms with van der Waals surface area (Å²) in [7, 11) is 0. The number of thiophene rings is 1. The minimum Gasteiger partial charge on any atom is -0.322 e. The molecule has 170 valence electrons. The number of carbonyl (C=O) groups excluding carboxylic acids is 3. The molecule has 0 saturated carbocycles. The first-order valence-corrected chi connectivity index (χ1v) is 11.4. The molecule has 0 saturated heterocycles. The summed E-state index contributed by atoms with van der Waals surface area (Å²) in [5, 5.41) is 7.05. The molecule has 2 aromatic carbocycles. The number of hydrogen-bond acceptors (Lipinski definition) is 5. The average molecular weight is 481 g/mol. The summed E-state index contributed by atoms with van der Waals surface area (Å²) in [5.74, 6) is -1.04. The Bertz CT molecular complexity index is 1150. The zero-order chi connectivity index (χ0) is 24.0. The molecule has 0 aliphatic heterocycles. The normalized spacial score (nSPS) is 10.8. The van der Waals surface area contributed by atoms with Crippen LogP contribution in [0.4, 0.5) is 5.69 Å². The van der Waals surface area contributed by atoms with E-state index in [0.717, 1.165) is 5.56 Å². The molecule has 3 amide bonds. The first kappa shape index (κ1) is 24.1. The lowest BCUT2D eigenvalue weighted by Gasteiger charge is -2.19. The highest BCUT2D eigenvalue weighted by Gasteiger charge is 2.15. The van der Waals surface area contributed by atoms with Crippen LogP contribution >= 0.6 is 23.6 Å². The van der Waals surface area contributed by atoms with E-state index in [1.165, 1.54) is 11.3 Å². The van der Waals surface area contributed by atoms with Gasteiger partial charge in [0.25, 0.3) is 17.7 Å². The van der Waals surface area contributed by atoms with Crippen molar-refractivity contribution < 1.29 is 14.4 Å². The first-order chi connectivity index (χ1) is 15.6. The van der Waals surface area contributed by atoms with Gasteiger partial charge in [0.15, 0.2) is 5.11 Å². The molecule has 0 spiro atoms. The molecule has 0 aliphatic rings. The van der Waals surface area contributed by atoms with E-state index in [0.29, 0.717) is 21.7 Å². The molecular weight excluding hydrogens is 456 g/mol. The van der Waals surface area contributed by atoms with Crippen molar-refractivity contribution in [1.29, 1.82) is 0 Å². The van der Waals surface area contributed by atoms with E-state index in [-0.39, 0.29) is 22.3 Å². The Hall–Kier alpha value is -3.56. The van der Waals surface area contributed by atoms with E-state index in [2.05, 4.69) is 42.3 Å². The quantitative estimate of drug-likeness (QED) is 0.331. The average Bonchev–Trinajstić information content (AvgIpc) is 3.33. The third-order valence-corrected chi connectivity index (χ3v) is 5.75. The van der Waals surface area contributed by atoms with Crippen molar-refractivity contribution in [2.75, 3.05) is 5.32 Å². The molecule has 0 atom stereocenters. The summed E-state index contributed by atoms with van der Waals surface area (Å²) in [6.07, 6.45) is 0. The molecule has 1 heterocycles. The maximum Gasteiger partial charge on any atom is 0.269 e. The van der Waals surface area contributed by atoms with Gasteiger partial charge in [-0.25, -0.2) is 0 Å². The fourth-order valence-electron chi connectivity index (χ4n) is 2.82. The first-order valence-electron chi connectivity index (χ1n) is 10.1. The number of hydrogen-bond donors (Lipinski definition) is 4. The fourth-order valence-corrected chi connectivity index (χ4v) is 3.58. The number of anilines is 1. The van der Waals surface area contributed by atoms with Crippen molar-refractivity contribution in [2.24, 2.45) is 0 Å². The van der Waals surface area contributed by atoms with E-state index < -0.39 is 5.91 Å². The van der Waals surface area contributed by atoms with E-state index in [1.54, 1.807) is 53.9 Å². The molecule has 0 bridgehead atoms. The lowest BCUT2D eigenvalue weighted by Crippen LogP contribution is -2.48. The third kappa shape index (κ3) is 6.71. The lowest BCUT2D eigenvalue weighted by molar-refractivity contribution is 0.0935. The van der Waals surface area contributed by atoms with Gasteiger partial charge in [-0.2, -0.15) is 0 Å². The summed E-state index contributed by atoms with van der Waals surface area (Å²) in [5.41, 5.74) is 7.53.